The number of ketones is 1. The first-order chi connectivity index (χ1) is 12.1. The summed E-state index contributed by atoms with van der Waals surface area (Å²) in [5, 5.41) is 11.7. The fourth-order valence-corrected chi connectivity index (χ4v) is 2.80. The molecule has 1 rings (SSSR count). The van der Waals surface area contributed by atoms with Crippen LogP contribution in [0.2, 0.25) is 5.82 Å². The van der Waals surface area contributed by atoms with Gasteiger partial charge in [0.05, 0.1) is 12.5 Å². The number of nitrogens with one attached hydrogen (secondary N) is 1. The molecule has 0 saturated carbocycles. The molecule has 2 N–H and O–H groups in total. The Morgan fingerprint density at radius 2 is 1.92 bits per heavy atom. The molecule has 8 nitrogen and oxygen atoms in total. The molecule has 0 aromatic rings. The van der Waals surface area contributed by atoms with Gasteiger partial charge >= 0.3 is 19.1 Å². The molecule has 10 heteroatoms. The molecule has 1 aliphatic heterocycles. The number of aliphatic carboxylic acids is 1. The zero-order valence-electron chi connectivity index (χ0n) is 15.6. The Kier molecular flexibility index (Phi) is 8.22. The summed E-state index contributed by atoms with van der Waals surface area (Å²) in [6.07, 6.45) is 0.298. The van der Waals surface area contributed by atoms with E-state index in [1.165, 1.54) is 0 Å². The second kappa shape index (κ2) is 9.46. The quantitative estimate of drug-likeness (QED) is 0.425. The normalized spacial score (nSPS) is 23.1. The fourth-order valence-electron chi connectivity index (χ4n) is 2.58. The first-order valence-corrected chi connectivity index (χ1v) is 9.51. The van der Waals surface area contributed by atoms with Gasteiger partial charge in [0.25, 0.3) is 0 Å². The van der Waals surface area contributed by atoms with E-state index >= 15 is 0 Å². The van der Waals surface area contributed by atoms with Crippen molar-refractivity contribution in [2.75, 3.05) is 6.16 Å². The lowest BCUT2D eigenvalue weighted by Crippen LogP contribution is -2.42. The minimum Gasteiger partial charge on any atom is -0.507 e. The molecule has 4 unspecified atom stereocenters. The molecule has 1 fully saturated rings. The second-order valence-corrected chi connectivity index (χ2v) is 7.30. The molecule has 0 aromatic carbocycles. The van der Waals surface area contributed by atoms with Gasteiger partial charge in [0.2, 0.25) is 5.91 Å². The Bertz CT molecular complexity index is 573. The monoisotopic (exact) mass is 387 g/mol. The average molecular weight is 387 g/mol. The number of hydrogen-bond donors (Lipinski definition) is 2. The SMILES string of the molecule is CCC1(CC(=O)O)OB([C@H](C)CC(=O)C(C)NC(=O)C(C)CP)OC1=O. The molecule has 26 heavy (non-hydrogen) atoms. The molecule has 146 valence electrons. The van der Waals surface area contributed by atoms with Crippen LogP contribution in [0.4, 0.5) is 0 Å². The Balaban J connectivity index is 2.66. The van der Waals surface area contributed by atoms with Crippen molar-refractivity contribution < 1.29 is 33.6 Å². The van der Waals surface area contributed by atoms with Gasteiger partial charge in [-0.15, -0.1) is 9.24 Å². The van der Waals surface area contributed by atoms with Gasteiger partial charge in [-0.3, -0.25) is 19.2 Å². The van der Waals surface area contributed by atoms with Crippen molar-refractivity contribution in [3.05, 3.63) is 0 Å². The molecule has 5 atom stereocenters. The highest BCUT2D eigenvalue weighted by molar-refractivity contribution is 7.16. The number of carboxylic acid groups (broad SMARTS) is 1. The third kappa shape index (κ3) is 5.51. The second-order valence-electron chi connectivity index (χ2n) is 6.82. The first-order valence-electron chi connectivity index (χ1n) is 8.70. The van der Waals surface area contributed by atoms with E-state index in [0.717, 1.165) is 0 Å². The van der Waals surface area contributed by atoms with Gasteiger partial charge in [-0.25, -0.2) is 0 Å². The number of hydrogen-bond acceptors (Lipinski definition) is 6. The predicted octanol–water partition coefficient (Wildman–Crippen LogP) is 1.04. The zero-order valence-corrected chi connectivity index (χ0v) is 16.8. The third-order valence-electron chi connectivity index (χ3n) is 4.58. The Labute approximate surface area is 156 Å². The molecule has 1 heterocycles. The molecule has 0 aliphatic carbocycles. The van der Waals surface area contributed by atoms with Crippen LogP contribution in [0.1, 0.15) is 47.0 Å². The molecule has 0 radical (unpaired) electrons. The number of carbonyl (C=O) groups excluding carboxylic acids is 3. The Hall–Kier alpha value is -1.47. The van der Waals surface area contributed by atoms with E-state index in [-0.39, 0.29) is 30.4 Å². The van der Waals surface area contributed by atoms with Gasteiger partial charge in [-0.05, 0) is 19.5 Å². The molecule has 0 bridgehead atoms. The average Bonchev–Trinajstić information content (AvgIpc) is 2.90. The number of Topliss-reactive ketones (excluding diaryl/α,β-unsaturated/α-hetero) is 1. The van der Waals surface area contributed by atoms with Crippen LogP contribution in [0.3, 0.4) is 0 Å². The highest BCUT2D eigenvalue weighted by Gasteiger charge is 2.54. The van der Waals surface area contributed by atoms with E-state index in [1.807, 2.05) is 0 Å². The summed E-state index contributed by atoms with van der Waals surface area (Å²) in [6.45, 7) is 6.70. The van der Waals surface area contributed by atoms with E-state index in [9.17, 15) is 19.2 Å². The van der Waals surface area contributed by atoms with Crippen molar-refractivity contribution in [1.29, 1.82) is 0 Å². The molecular formula is C16H27BNO7P. The summed E-state index contributed by atoms with van der Waals surface area (Å²) in [6, 6.07) is -0.670. The maximum Gasteiger partial charge on any atom is 0.531 e. The summed E-state index contributed by atoms with van der Waals surface area (Å²) in [5.41, 5.74) is -1.51. The van der Waals surface area contributed by atoms with Crippen molar-refractivity contribution in [3.8, 4) is 0 Å². The number of amides is 1. The first kappa shape index (κ1) is 22.6. The van der Waals surface area contributed by atoms with Gasteiger partial charge in [0.15, 0.2) is 11.4 Å². The van der Waals surface area contributed by atoms with E-state index < -0.39 is 42.9 Å². The summed E-state index contributed by atoms with van der Waals surface area (Å²) < 4.78 is 10.8. The minimum absolute atomic E-state index is 0.0293. The van der Waals surface area contributed by atoms with Crippen LogP contribution in [-0.2, 0) is 28.5 Å². The number of rotatable bonds is 10. The Morgan fingerprint density at radius 3 is 2.42 bits per heavy atom. The largest absolute Gasteiger partial charge is 0.531 e. The van der Waals surface area contributed by atoms with Crippen LogP contribution in [0, 0.1) is 5.92 Å². The van der Waals surface area contributed by atoms with Crippen molar-refractivity contribution >= 4 is 40.0 Å². The lowest BCUT2D eigenvalue weighted by Gasteiger charge is -2.22. The fraction of sp³-hybridized carbons (Fsp3) is 0.750. The van der Waals surface area contributed by atoms with Gasteiger partial charge in [-0.1, -0.05) is 20.8 Å². The third-order valence-corrected chi connectivity index (χ3v) is 5.28. The summed E-state index contributed by atoms with van der Waals surface area (Å²) in [7, 11) is 1.49. The van der Waals surface area contributed by atoms with Crippen LogP contribution in [0.15, 0.2) is 0 Å². The van der Waals surface area contributed by atoms with Crippen LogP contribution in [0.25, 0.3) is 0 Å². The summed E-state index contributed by atoms with van der Waals surface area (Å²) in [4.78, 5) is 47.3. The van der Waals surface area contributed by atoms with Crippen LogP contribution in [-0.4, -0.2) is 53.7 Å². The van der Waals surface area contributed by atoms with E-state index in [4.69, 9.17) is 14.4 Å². The number of carboxylic acids is 1. The van der Waals surface area contributed by atoms with Gasteiger partial charge in [-0.2, -0.15) is 0 Å². The van der Waals surface area contributed by atoms with Gasteiger partial charge in [0.1, 0.15) is 0 Å². The van der Waals surface area contributed by atoms with E-state index in [2.05, 4.69) is 14.6 Å². The number of carbonyl (C=O) groups is 4. The summed E-state index contributed by atoms with van der Waals surface area (Å²) in [5.74, 6) is -2.98. The Morgan fingerprint density at radius 1 is 1.31 bits per heavy atom. The minimum atomic E-state index is -1.51. The van der Waals surface area contributed by atoms with Crippen molar-refractivity contribution in [1.82, 2.24) is 5.32 Å². The van der Waals surface area contributed by atoms with Crippen LogP contribution < -0.4 is 5.32 Å². The highest BCUT2D eigenvalue weighted by Crippen LogP contribution is 2.35. The lowest BCUT2D eigenvalue weighted by atomic mass is 9.70. The van der Waals surface area contributed by atoms with Crippen molar-refractivity contribution in [2.24, 2.45) is 5.92 Å². The standard InChI is InChI=1S/C16H27BNO7P/c1-5-16(7-13(20)21)15(23)24-17(25-16)10(3)6-12(19)11(4)18-14(22)9(2)8-26/h9-11H,5-8,26H2,1-4H3,(H,18,22)(H,20,21)/t9?,10-,11?,16?/m1/s1. The van der Waals surface area contributed by atoms with Crippen molar-refractivity contribution in [3.63, 3.8) is 0 Å². The maximum absolute atomic E-state index is 12.3. The molecule has 1 saturated heterocycles. The molecule has 1 amide bonds. The highest BCUT2D eigenvalue weighted by atomic mass is 31.0. The van der Waals surface area contributed by atoms with Crippen LogP contribution in [0.5, 0.6) is 0 Å². The smallest absolute Gasteiger partial charge is 0.507 e. The molecule has 0 aromatic heterocycles. The zero-order chi connectivity index (χ0) is 20.1. The maximum atomic E-state index is 12.3. The molecule has 0 spiro atoms. The predicted molar refractivity (Wildman–Crippen MR) is 98.6 cm³/mol. The molecule has 1 aliphatic rings. The van der Waals surface area contributed by atoms with E-state index in [0.29, 0.717) is 6.16 Å². The lowest BCUT2D eigenvalue weighted by molar-refractivity contribution is -0.152. The van der Waals surface area contributed by atoms with Gasteiger partial charge < -0.3 is 19.7 Å². The summed E-state index contributed by atoms with van der Waals surface area (Å²) >= 11 is 0. The van der Waals surface area contributed by atoms with Crippen molar-refractivity contribution in [2.45, 2.75) is 64.4 Å². The molecular weight excluding hydrogens is 360 g/mol. The topological polar surface area (TPSA) is 119 Å². The van der Waals surface area contributed by atoms with Gasteiger partial charge in [0, 0.05) is 18.2 Å². The van der Waals surface area contributed by atoms with Crippen LogP contribution >= 0.6 is 9.24 Å². The van der Waals surface area contributed by atoms with E-state index in [1.54, 1.807) is 27.7 Å².